The molecule has 1 aromatic rings. The minimum Gasteiger partial charge on any atom is -0.481 e. The molecule has 0 amide bonds. The summed E-state index contributed by atoms with van der Waals surface area (Å²) in [6.07, 6.45) is -0.0644. The van der Waals surface area contributed by atoms with E-state index in [1.807, 2.05) is 6.07 Å². The quantitative estimate of drug-likeness (QED) is 0.750. The molecule has 1 rings (SSSR count). The first-order valence-electron chi connectivity index (χ1n) is 4.41. The van der Waals surface area contributed by atoms with Crippen molar-refractivity contribution < 1.29 is 9.90 Å². The third-order valence-electron chi connectivity index (χ3n) is 2.18. The summed E-state index contributed by atoms with van der Waals surface area (Å²) in [7, 11) is 1.62. The number of nitrogens with zero attached hydrogens (tertiary/aromatic N) is 3. The molecule has 80 valence electrons. The molecular formula is C9H12N4O2. The number of anilines is 1. The summed E-state index contributed by atoms with van der Waals surface area (Å²) in [6.45, 7) is 1.71. The van der Waals surface area contributed by atoms with Gasteiger partial charge in [0, 0.05) is 13.0 Å². The van der Waals surface area contributed by atoms with Crippen LogP contribution in [-0.2, 0) is 11.8 Å². The first-order valence-corrected chi connectivity index (χ1v) is 4.41. The van der Waals surface area contributed by atoms with Gasteiger partial charge in [0.2, 0.25) is 0 Å². The third-order valence-corrected chi connectivity index (χ3v) is 2.18. The van der Waals surface area contributed by atoms with Crippen molar-refractivity contribution >= 4 is 11.8 Å². The van der Waals surface area contributed by atoms with E-state index in [0.29, 0.717) is 5.69 Å². The van der Waals surface area contributed by atoms with Gasteiger partial charge in [-0.1, -0.05) is 6.92 Å². The monoisotopic (exact) mass is 208 g/mol. The molecule has 15 heavy (non-hydrogen) atoms. The number of aryl methyl sites for hydroxylation is 1. The number of nitrogens with two attached hydrogens (primary N) is 1. The summed E-state index contributed by atoms with van der Waals surface area (Å²) in [5.74, 6) is -0.971. The minimum absolute atomic E-state index is 0.0644. The Hall–Kier alpha value is -2.03. The van der Waals surface area contributed by atoms with Crippen molar-refractivity contribution in [3.8, 4) is 6.07 Å². The summed E-state index contributed by atoms with van der Waals surface area (Å²) in [5.41, 5.74) is 6.33. The molecule has 0 saturated carbocycles. The van der Waals surface area contributed by atoms with E-state index >= 15 is 0 Å². The highest BCUT2D eigenvalue weighted by atomic mass is 16.4. The van der Waals surface area contributed by atoms with Crippen molar-refractivity contribution in [3.05, 3.63) is 11.3 Å². The molecule has 0 bridgehead atoms. The second-order valence-electron chi connectivity index (χ2n) is 3.38. The summed E-state index contributed by atoms with van der Waals surface area (Å²) < 4.78 is 1.38. The van der Waals surface area contributed by atoms with Crippen LogP contribution in [0.5, 0.6) is 0 Å². The van der Waals surface area contributed by atoms with Crippen LogP contribution in [0.2, 0.25) is 0 Å². The van der Waals surface area contributed by atoms with E-state index in [2.05, 4.69) is 5.10 Å². The van der Waals surface area contributed by atoms with Crippen LogP contribution < -0.4 is 5.73 Å². The Labute approximate surface area is 86.9 Å². The topological polar surface area (TPSA) is 105 Å². The van der Waals surface area contributed by atoms with Crippen LogP contribution in [0.4, 0.5) is 5.82 Å². The first kappa shape index (κ1) is 11.0. The number of nitriles is 1. The van der Waals surface area contributed by atoms with Gasteiger partial charge >= 0.3 is 5.97 Å². The molecule has 0 aliphatic carbocycles. The fourth-order valence-electron chi connectivity index (χ4n) is 1.38. The summed E-state index contributed by atoms with van der Waals surface area (Å²) in [6, 6.07) is 1.94. The van der Waals surface area contributed by atoms with E-state index in [1.54, 1.807) is 14.0 Å². The zero-order valence-electron chi connectivity index (χ0n) is 8.56. The second-order valence-corrected chi connectivity index (χ2v) is 3.38. The number of carbonyl (C=O) groups is 1. The highest BCUT2D eigenvalue weighted by Crippen LogP contribution is 2.24. The zero-order chi connectivity index (χ0) is 11.6. The van der Waals surface area contributed by atoms with Gasteiger partial charge in [-0.25, -0.2) is 0 Å². The number of aliphatic carboxylic acids is 1. The van der Waals surface area contributed by atoms with Crippen LogP contribution in [0, 0.1) is 11.3 Å². The van der Waals surface area contributed by atoms with Crippen LogP contribution in [0.15, 0.2) is 0 Å². The van der Waals surface area contributed by atoms with Crippen molar-refractivity contribution in [3.63, 3.8) is 0 Å². The second kappa shape index (κ2) is 4.00. The smallest absolute Gasteiger partial charge is 0.304 e. The average Bonchev–Trinajstić information content (AvgIpc) is 2.42. The number of nitrogen functional groups attached to an aromatic ring is 1. The van der Waals surface area contributed by atoms with Gasteiger partial charge < -0.3 is 10.8 Å². The maximum absolute atomic E-state index is 10.5. The van der Waals surface area contributed by atoms with Gasteiger partial charge in [-0.15, -0.1) is 0 Å². The lowest BCUT2D eigenvalue weighted by Crippen LogP contribution is -2.05. The fraction of sp³-hybridized carbons (Fsp3) is 0.444. The predicted octanol–water partition coefficient (Wildman–Crippen LogP) is 0.452. The van der Waals surface area contributed by atoms with Crippen LogP contribution in [0.25, 0.3) is 0 Å². The minimum atomic E-state index is -0.921. The molecule has 0 aliphatic rings. The Morgan fingerprint density at radius 1 is 1.80 bits per heavy atom. The number of hydrogen-bond acceptors (Lipinski definition) is 4. The average molecular weight is 208 g/mol. The fourth-order valence-corrected chi connectivity index (χ4v) is 1.38. The number of carboxylic acids is 1. The van der Waals surface area contributed by atoms with Crippen LogP contribution in [0.3, 0.4) is 0 Å². The van der Waals surface area contributed by atoms with E-state index in [4.69, 9.17) is 16.1 Å². The molecule has 0 fully saturated rings. The maximum Gasteiger partial charge on any atom is 0.304 e. The van der Waals surface area contributed by atoms with Gasteiger partial charge in [0.05, 0.1) is 12.1 Å². The predicted molar refractivity (Wildman–Crippen MR) is 53.0 cm³/mol. The molecule has 1 atom stereocenters. The molecule has 6 heteroatoms. The first-order chi connectivity index (χ1) is 6.97. The summed E-state index contributed by atoms with van der Waals surface area (Å²) in [5, 5.41) is 21.5. The molecule has 6 nitrogen and oxygen atoms in total. The van der Waals surface area contributed by atoms with Crippen molar-refractivity contribution in [2.45, 2.75) is 19.3 Å². The Kier molecular flexibility index (Phi) is 2.95. The van der Waals surface area contributed by atoms with Gasteiger partial charge in [-0.05, 0) is 0 Å². The maximum atomic E-state index is 10.5. The normalized spacial score (nSPS) is 12.1. The number of hydrogen-bond donors (Lipinski definition) is 2. The van der Waals surface area contributed by atoms with Gasteiger partial charge in [-0.3, -0.25) is 9.48 Å². The third kappa shape index (κ3) is 2.07. The molecule has 1 unspecified atom stereocenters. The summed E-state index contributed by atoms with van der Waals surface area (Å²) in [4.78, 5) is 10.5. The van der Waals surface area contributed by atoms with Crippen LogP contribution >= 0.6 is 0 Å². The Morgan fingerprint density at radius 3 is 2.87 bits per heavy atom. The lowest BCUT2D eigenvalue weighted by molar-refractivity contribution is -0.137. The van der Waals surface area contributed by atoms with E-state index in [0.717, 1.165) is 0 Å². The zero-order valence-corrected chi connectivity index (χ0v) is 8.56. The SMILES string of the molecule is CC(CC(=O)O)c1nn(C)c(N)c1C#N. The largest absolute Gasteiger partial charge is 0.481 e. The van der Waals surface area contributed by atoms with E-state index < -0.39 is 5.97 Å². The van der Waals surface area contributed by atoms with Crippen molar-refractivity contribution in [2.24, 2.45) is 7.05 Å². The molecule has 0 aromatic carbocycles. The van der Waals surface area contributed by atoms with Crippen molar-refractivity contribution in [1.82, 2.24) is 9.78 Å². The highest BCUT2D eigenvalue weighted by Gasteiger charge is 2.20. The molecule has 1 aromatic heterocycles. The summed E-state index contributed by atoms with van der Waals surface area (Å²) >= 11 is 0. The molecule has 0 saturated heterocycles. The van der Waals surface area contributed by atoms with Gasteiger partial charge in [0.15, 0.2) is 0 Å². The molecule has 0 aliphatic heterocycles. The van der Waals surface area contributed by atoms with Gasteiger partial charge in [0.25, 0.3) is 0 Å². The van der Waals surface area contributed by atoms with Gasteiger partial charge in [0.1, 0.15) is 17.5 Å². The molecule has 1 heterocycles. The van der Waals surface area contributed by atoms with Crippen LogP contribution in [-0.4, -0.2) is 20.9 Å². The number of carboxylic acid groups (broad SMARTS) is 1. The van der Waals surface area contributed by atoms with Crippen LogP contribution in [0.1, 0.15) is 30.5 Å². The molecule has 0 radical (unpaired) electrons. The molecule has 3 N–H and O–H groups in total. The lowest BCUT2D eigenvalue weighted by atomic mass is 10.0. The lowest BCUT2D eigenvalue weighted by Gasteiger charge is -2.04. The number of aromatic nitrogens is 2. The Balaban J connectivity index is 3.09. The van der Waals surface area contributed by atoms with Gasteiger partial charge in [-0.2, -0.15) is 10.4 Å². The Morgan fingerprint density at radius 2 is 2.40 bits per heavy atom. The van der Waals surface area contributed by atoms with Crippen molar-refractivity contribution in [1.29, 1.82) is 5.26 Å². The van der Waals surface area contributed by atoms with E-state index in [9.17, 15) is 4.79 Å². The van der Waals surface area contributed by atoms with Crippen molar-refractivity contribution in [2.75, 3.05) is 5.73 Å². The van der Waals surface area contributed by atoms with E-state index in [-0.39, 0.29) is 23.7 Å². The molecular weight excluding hydrogens is 196 g/mol. The number of rotatable bonds is 3. The standard InChI is InChI=1S/C9H12N4O2/c1-5(3-7(14)15)8-6(4-10)9(11)13(2)12-8/h5H,3,11H2,1-2H3,(H,14,15). The highest BCUT2D eigenvalue weighted by molar-refractivity contribution is 5.68. The van der Waals surface area contributed by atoms with E-state index in [1.165, 1.54) is 4.68 Å². The Bertz CT molecular complexity index is 430. The molecule has 0 spiro atoms.